The van der Waals surface area contributed by atoms with Gasteiger partial charge >= 0.3 is 0 Å². The predicted molar refractivity (Wildman–Crippen MR) is 104 cm³/mol. The van der Waals surface area contributed by atoms with E-state index in [0.717, 1.165) is 43.2 Å². The molecule has 4 rings (SSSR count). The summed E-state index contributed by atoms with van der Waals surface area (Å²) >= 11 is 0. The van der Waals surface area contributed by atoms with Crippen LogP contribution in [0.1, 0.15) is 58.3 Å². The van der Waals surface area contributed by atoms with Crippen molar-refractivity contribution in [1.82, 2.24) is 10.6 Å². The smallest absolute Gasteiger partial charge is 0.191 e. The molecule has 4 fully saturated rings. The number of nitrogens with zero attached hydrogens (tertiary/aromatic N) is 1. The maximum atomic E-state index is 5.94. The quantitative estimate of drug-likeness (QED) is 0.397. The molecule has 2 aliphatic heterocycles. The number of hydrogen-bond donors (Lipinski definition) is 2. The fourth-order valence-corrected chi connectivity index (χ4v) is 5.36. The van der Waals surface area contributed by atoms with E-state index in [4.69, 9.17) is 9.73 Å². The Morgan fingerprint density at radius 3 is 2.65 bits per heavy atom. The molecule has 2 saturated carbocycles. The largest absolute Gasteiger partial charge is 0.373 e. The lowest BCUT2D eigenvalue weighted by atomic mass is 9.86. The van der Waals surface area contributed by atoms with Crippen LogP contribution in [0, 0.1) is 17.8 Å². The van der Waals surface area contributed by atoms with Gasteiger partial charge in [-0.05, 0) is 69.6 Å². The number of hydrogen-bond acceptors (Lipinski definition) is 2. The van der Waals surface area contributed by atoms with Crippen molar-refractivity contribution >= 4 is 29.9 Å². The Hall–Kier alpha value is -0.0400. The predicted octanol–water partition coefficient (Wildman–Crippen LogP) is 3.31. The van der Waals surface area contributed by atoms with Gasteiger partial charge in [0.1, 0.15) is 0 Å². The average Bonchev–Trinajstić information content (AvgIpc) is 3.28. The van der Waals surface area contributed by atoms with E-state index in [0.29, 0.717) is 18.2 Å². The molecule has 6 unspecified atom stereocenters. The molecular formula is C18H32IN3O. The van der Waals surface area contributed by atoms with Crippen molar-refractivity contribution in [3.8, 4) is 0 Å². The van der Waals surface area contributed by atoms with Gasteiger partial charge in [0.2, 0.25) is 0 Å². The molecule has 4 nitrogen and oxygen atoms in total. The first kappa shape index (κ1) is 17.8. The van der Waals surface area contributed by atoms with Crippen molar-refractivity contribution in [2.45, 2.75) is 76.5 Å². The Balaban J connectivity index is 0.00000156. The molecular weight excluding hydrogens is 401 g/mol. The van der Waals surface area contributed by atoms with Crippen LogP contribution in [-0.2, 0) is 4.74 Å². The summed E-state index contributed by atoms with van der Waals surface area (Å²) in [7, 11) is 0. The molecule has 2 heterocycles. The minimum Gasteiger partial charge on any atom is -0.373 e. The van der Waals surface area contributed by atoms with Crippen molar-refractivity contribution in [2.24, 2.45) is 22.7 Å². The van der Waals surface area contributed by atoms with E-state index < -0.39 is 0 Å². The van der Waals surface area contributed by atoms with E-state index in [9.17, 15) is 0 Å². The molecule has 2 saturated heterocycles. The maximum Gasteiger partial charge on any atom is 0.191 e. The number of aliphatic imine (C=N–C) groups is 1. The van der Waals surface area contributed by atoms with Gasteiger partial charge < -0.3 is 15.4 Å². The molecule has 6 atom stereocenters. The first-order valence-electron chi connectivity index (χ1n) is 9.52. The Kier molecular flexibility index (Phi) is 6.10. The lowest BCUT2D eigenvalue weighted by Crippen LogP contribution is -2.47. The summed E-state index contributed by atoms with van der Waals surface area (Å²) in [6, 6.07) is 0.471. The SMILES string of the molecule is CCNC(=NCCC1CC2CCC1C2)NC1CC2CCC1O2.I. The van der Waals surface area contributed by atoms with Gasteiger partial charge in [-0.2, -0.15) is 0 Å². The molecule has 0 aromatic carbocycles. The van der Waals surface area contributed by atoms with Gasteiger partial charge in [0, 0.05) is 13.1 Å². The second-order valence-corrected chi connectivity index (χ2v) is 7.84. The molecule has 0 aromatic heterocycles. The second-order valence-electron chi connectivity index (χ2n) is 7.84. The van der Waals surface area contributed by atoms with Gasteiger partial charge in [-0.3, -0.25) is 4.99 Å². The van der Waals surface area contributed by atoms with Crippen LogP contribution in [0.5, 0.6) is 0 Å². The van der Waals surface area contributed by atoms with E-state index in [1.807, 2.05) is 0 Å². The van der Waals surface area contributed by atoms with Crippen molar-refractivity contribution in [2.75, 3.05) is 13.1 Å². The first-order chi connectivity index (χ1) is 10.8. The van der Waals surface area contributed by atoms with E-state index in [1.165, 1.54) is 44.9 Å². The minimum atomic E-state index is 0. The number of ether oxygens (including phenoxy) is 1. The highest BCUT2D eigenvalue weighted by Crippen LogP contribution is 2.49. The van der Waals surface area contributed by atoms with E-state index in [1.54, 1.807) is 0 Å². The zero-order chi connectivity index (χ0) is 14.9. The Bertz CT molecular complexity index is 430. The van der Waals surface area contributed by atoms with Crippen LogP contribution in [0.4, 0.5) is 0 Å². The number of halogens is 1. The molecule has 2 aliphatic carbocycles. The Morgan fingerprint density at radius 1 is 1.13 bits per heavy atom. The van der Waals surface area contributed by atoms with Crippen LogP contribution in [0.2, 0.25) is 0 Å². The van der Waals surface area contributed by atoms with Crippen LogP contribution in [0.15, 0.2) is 4.99 Å². The number of fused-ring (bicyclic) bond motifs is 4. The fraction of sp³-hybridized carbons (Fsp3) is 0.944. The molecule has 0 aromatic rings. The Labute approximate surface area is 157 Å². The third-order valence-electron chi connectivity index (χ3n) is 6.43. The average molecular weight is 433 g/mol. The monoisotopic (exact) mass is 433 g/mol. The van der Waals surface area contributed by atoms with Gasteiger partial charge in [0.25, 0.3) is 0 Å². The molecule has 132 valence electrons. The normalized spacial score (nSPS) is 41.2. The zero-order valence-electron chi connectivity index (χ0n) is 14.3. The molecule has 4 bridgehead atoms. The molecule has 0 spiro atoms. The van der Waals surface area contributed by atoms with Crippen LogP contribution in [0.25, 0.3) is 0 Å². The van der Waals surface area contributed by atoms with E-state index in [-0.39, 0.29) is 24.0 Å². The van der Waals surface area contributed by atoms with Crippen molar-refractivity contribution in [3.63, 3.8) is 0 Å². The van der Waals surface area contributed by atoms with Crippen LogP contribution < -0.4 is 10.6 Å². The van der Waals surface area contributed by atoms with Gasteiger partial charge in [-0.25, -0.2) is 0 Å². The lowest BCUT2D eigenvalue weighted by molar-refractivity contribution is 0.0992. The van der Waals surface area contributed by atoms with Gasteiger partial charge in [0.05, 0.1) is 18.2 Å². The zero-order valence-corrected chi connectivity index (χ0v) is 16.6. The fourth-order valence-electron chi connectivity index (χ4n) is 5.36. The van der Waals surface area contributed by atoms with E-state index >= 15 is 0 Å². The molecule has 4 aliphatic rings. The first-order valence-corrected chi connectivity index (χ1v) is 9.52. The van der Waals surface area contributed by atoms with Crippen molar-refractivity contribution in [1.29, 1.82) is 0 Å². The van der Waals surface area contributed by atoms with Gasteiger partial charge in [-0.15, -0.1) is 24.0 Å². The second kappa shape index (κ2) is 7.89. The van der Waals surface area contributed by atoms with Crippen molar-refractivity contribution < 1.29 is 4.74 Å². The minimum absolute atomic E-state index is 0. The van der Waals surface area contributed by atoms with Crippen LogP contribution in [-0.4, -0.2) is 37.3 Å². The van der Waals surface area contributed by atoms with Crippen LogP contribution >= 0.6 is 24.0 Å². The molecule has 2 N–H and O–H groups in total. The van der Waals surface area contributed by atoms with Crippen molar-refractivity contribution in [3.05, 3.63) is 0 Å². The third kappa shape index (κ3) is 3.97. The summed E-state index contributed by atoms with van der Waals surface area (Å²) in [6.07, 6.45) is 11.8. The van der Waals surface area contributed by atoms with E-state index in [2.05, 4.69) is 17.6 Å². The Morgan fingerprint density at radius 2 is 2.04 bits per heavy atom. The molecule has 5 heteroatoms. The molecule has 0 amide bonds. The highest BCUT2D eigenvalue weighted by Gasteiger charge is 2.41. The molecule has 23 heavy (non-hydrogen) atoms. The standard InChI is InChI=1S/C18H31N3O.HI/c1-2-19-18(21-16-11-15-5-6-17(16)22-15)20-8-7-14-10-12-3-4-13(14)9-12;/h12-17H,2-11H2,1H3,(H2,19,20,21);1H. The summed E-state index contributed by atoms with van der Waals surface area (Å²) in [5.41, 5.74) is 0. The summed E-state index contributed by atoms with van der Waals surface area (Å²) in [5, 5.41) is 7.03. The van der Waals surface area contributed by atoms with Gasteiger partial charge in [-0.1, -0.05) is 6.42 Å². The summed E-state index contributed by atoms with van der Waals surface area (Å²) < 4.78 is 5.94. The number of guanidine groups is 1. The number of rotatable bonds is 5. The third-order valence-corrected chi connectivity index (χ3v) is 6.43. The summed E-state index contributed by atoms with van der Waals surface area (Å²) in [5.74, 6) is 4.04. The number of nitrogens with one attached hydrogen (secondary N) is 2. The summed E-state index contributed by atoms with van der Waals surface area (Å²) in [6.45, 7) is 4.05. The highest BCUT2D eigenvalue weighted by molar-refractivity contribution is 14.0. The maximum absolute atomic E-state index is 5.94. The summed E-state index contributed by atoms with van der Waals surface area (Å²) in [4.78, 5) is 4.85. The molecule has 0 radical (unpaired) electrons. The highest BCUT2D eigenvalue weighted by atomic mass is 127. The lowest BCUT2D eigenvalue weighted by Gasteiger charge is -2.23. The van der Waals surface area contributed by atoms with Gasteiger partial charge in [0.15, 0.2) is 5.96 Å². The topological polar surface area (TPSA) is 45.7 Å². The van der Waals surface area contributed by atoms with Crippen LogP contribution in [0.3, 0.4) is 0 Å².